The summed E-state index contributed by atoms with van der Waals surface area (Å²) in [6.45, 7) is 6.80. The van der Waals surface area contributed by atoms with Crippen molar-refractivity contribution in [2.75, 3.05) is 5.84 Å². The highest BCUT2D eigenvalue weighted by atomic mass is 32.2. The van der Waals surface area contributed by atoms with E-state index in [0.29, 0.717) is 16.7 Å². The lowest BCUT2D eigenvalue weighted by molar-refractivity contribution is 0.291. The number of rotatable bonds is 7. The third-order valence-corrected chi connectivity index (χ3v) is 6.41. The number of ether oxygens (including phenoxy) is 1. The number of furan rings is 1. The van der Waals surface area contributed by atoms with Gasteiger partial charge < -0.3 is 15.0 Å². The monoisotopic (exact) mass is 441 g/mol. The van der Waals surface area contributed by atoms with E-state index in [0.717, 1.165) is 22.0 Å². The van der Waals surface area contributed by atoms with Gasteiger partial charge in [-0.15, -0.1) is 21.5 Å². The Balaban J connectivity index is 1.33. The van der Waals surface area contributed by atoms with Crippen LogP contribution in [0.25, 0.3) is 10.6 Å². The molecule has 0 radical (unpaired) electrons. The minimum absolute atomic E-state index is 0.110. The Morgan fingerprint density at radius 3 is 2.67 bits per heavy atom. The second kappa shape index (κ2) is 8.53. The van der Waals surface area contributed by atoms with Crippen LogP contribution in [0.2, 0.25) is 0 Å². The lowest BCUT2D eigenvalue weighted by atomic mass is 9.87. The molecular weight excluding hydrogens is 418 g/mol. The number of thioether (sulfide) groups is 1. The maximum atomic E-state index is 6.16. The summed E-state index contributed by atoms with van der Waals surface area (Å²) in [5.41, 5.74) is 3.31. The fourth-order valence-electron chi connectivity index (χ4n) is 2.73. The van der Waals surface area contributed by atoms with Crippen molar-refractivity contribution in [1.82, 2.24) is 19.9 Å². The molecule has 3 aromatic heterocycles. The van der Waals surface area contributed by atoms with E-state index < -0.39 is 0 Å². The van der Waals surface area contributed by atoms with Crippen molar-refractivity contribution in [2.24, 2.45) is 0 Å². The SMILES string of the molecule is CC(C)(C)c1ccc(OCc2nnc(SCc3csc(-c4ccoc4)n3)n2N)cc1. The first kappa shape index (κ1) is 20.5. The molecule has 1 aromatic carbocycles. The molecule has 0 atom stereocenters. The van der Waals surface area contributed by atoms with Crippen molar-refractivity contribution in [3.63, 3.8) is 0 Å². The molecule has 4 rings (SSSR count). The van der Waals surface area contributed by atoms with Crippen molar-refractivity contribution in [3.8, 4) is 16.3 Å². The molecule has 0 bridgehead atoms. The Bertz CT molecular complexity index is 1100. The number of nitrogens with two attached hydrogens (primary N) is 1. The zero-order valence-electron chi connectivity index (χ0n) is 17.0. The normalized spacial score (nSPS) is 11.7. The van der Waals surface area contributed by atoms with Gasteiger partial charge in [0.1, 0.15) is 23.6 Å². The molecule has 0 aliphatic carbocycles. The lowest BCUT2D eigenvalue weighted by Crippen LogP contribution is -2.16. The van der Waals surface area contributed by atoms with Gasteiger partial charge in [0.15, 0.2) is 5.82 Å². The zero-order chi connectivity index (χ0) is 21.1. The fraction of sp³-hybridized carbons (Fsp3) is 0.286. The number of nitrogens with zero attached hydrogens (tertiary/aromatic N) is 4. The van der Waals surface area contributed by atoms with E-state index in [1.54, 1.807) is 23.9 Å². The van der Waals surface area contributed by atoms with Crippen LogP contribution in [-0.4, -0.2) is 19.9 Å². The van der Waals surface area contributed by atoms with Gasteiger partial charge in [0.2, 0.25) is 5.16 Å². The highest BCUT2D eigenvalue weighted by molar-refractivity contribution is 7.98. The Labute approximate surface area is 183 Å². The molecular formula is C21H23N5O2S2. The molecule has 0 aliphatic rings. The summed E-state index contributed by atoms with van der Waals surface area (Å²) in [6, 6.07) is 9.99. The number of thiazole rings is 1. The van der Waals surface area contributed by atoms with Crippen molar-refractivity contribution in [3.05, 3.63) is 65.3 Å². The van der Waals surface area contributed by atoms with Crippen LogP contribution >= 0.6 is 23.1 Å². The quantitative estimate of drug-likeness (QED) is 0.323. The second-order valence-electron chi connectivity index (χ2n) is 7.78. The van der Waals surface area contributed by atoms with Crippen LogP contribution in [0.4, 0.5) is 0 Å². The highest BCUT2D eigenvalue weighted by Crippen LogP contribution is 2.28. The summed E-state index contributed by atoms with van der Waals surface area (Å²) in [6.07, 6.45) is 3.33. The van der Waals surface area contributed by atoms with Gasteiger partial charge in [-0.3, -0.25) is 0 Å². The molecule has 2 N–H and O–H groups in total. The van der Waals surface area contributed by atoms with Gasteiger partial charge in [-0.25, -0.2) is 9.66 Å². The largest absolute Gasteiger partial charge is 0.486 e. The maximum Gasteiger partial charge on any atom is 0.210 e. The second-order valence-corrected chi connectivity index (χ2v) is 9.58. The van der Waals surface area contributed by atoms with Gasteiger partial charge in [0.05, 0.1) is 12.0 Å². The average Bonchev–Trinajstić information content (AvgIpc) is 3.46. The van der Waals surface area contributed by atoms with Crippen LogP contribution in [-0.2, 0) is 17.8 Å². The summed E-state index contributed by atoms with van der Waals surface area (Å²) < 4.78 is 12.4. The average molecular weight is 442 g/mol. The molecule has 0 aliphatic heterocycles. The minimum atomic E-state index is 0.110. The summed E-state index contributed by atoms with van der Waals surface area (Å²) >= 11 is 3.07. The molecule has 0 unspecified atom stereocenters. The number of hydrogen-bond donors (Lipinski definition) is 1. The van der Waals surface area contributed by atoms with Gasteiger partial charge in [0.25, 0.3) is 0 Å². The van der Waals surface area contributed by atoms with E-state index in [1.807, 2.05) is 23.6 Å². The van der Waals surface area contributed by atoms with Crippen LogP contribution in [0, 0.1) is 0 Å². The molecule has 3 heterocycles. The molecule has 9 heteroatoms. The summed E-state index contributed by atoms with van der Waals surface area (Å²) in [7, 11) is 0. The summed E-state index contributed by atoms with van der Waals surface area (Å²) in [5.74, 6) is 8.14. The van der Waals surface area contributed by atoms with E-state index in [4.69, 9.17) is 15.0 Å². The minimum Gasteiger partial charge on any atom is -0.486 e. The predicted octanol–water partition coefficient (Wildman–Crippen LogP) is 4.88. The molecule has 156 valence electrons. The van der Waals surface area contributed by atoms with Crippen LogP contribution in [0.15, 0.2) is 57.8 Å². The van der Waals surface area contributed by atoms with Crippen molar-refractivity contribution >= 4 is 23.1 Å². The Morgan fingerprint density at radius 1 is 1.17 bits per heavy atom. The first-order chi connectivity index (χ1) is 14.4. The van der Waals surface area contributed by atoms with Crippen LogP contribution in [0.5, 0.6) is 5.75 Å². The van der Waals surface area contributed by atoms with E-state index in [9.17, 15) is 0 Å². The smallest absolute Gasteiger partial charge is 0.210 e. The highest BCUT2D eigenvalue weighted by Gasteiger charge is 2.15. The van der Waals surface area contributed by atoms with E-state index in [2.05, 4.69) is 48.1 Å². The van der Waals surface area contributed by atoms with E-state index in [1.165, 1.54) is 22.0 Å². The van der Waals surface area contributed by atoms with Gasteiger partial charge in [-0.05, 0) is 29.2 Å². The Hall–Kier alpha value is -2.78. The number of hydrogen-bond acceptors (Lipinski definition) is 8. The van der Waals surface area contributed by atoms with Crippen LogP contribution < -0.4 is 10.6 Å². The standard InChI is InChI=1S/C21H23N5O2S2/c1-21(2,3)15-4-6-17(7-5-15)28-11-18-24-25-20(26(18)22)30-13-16-12-29-19(23-16)14-8-9-27-10-14/h4-10,12H,11,13,22H2,1-3H3. The first-order valence-electron chi connectivity index (χ1n) is 9.42. The van der Waals surface area contributed by atoms with E-state index >= 15 is 0 Å². The number of nitrogen functional groups attached to an aromatic ring is 1. The maximum absolute atomic E-state index is 6.16. The number of aromatic nitrogens is 4. The third kappa shape index (κ3) is 4.68. The summed E-state index contributed by atoms with van der Waals surface area (Å²) in [4.78, 5) is 4.62. The topological polar surface area (TPSA) is 92.0 Å². The van der Waals surface area contributed by atoms with Crippen LogP contribution in [0.1, 0.15) is 37.9 Å². The molecule has 4 aromatic rings. The molecule has 0 saturated heterocycles. The third-order valence-electron chi connectivity index (χ3n) is 4.49. The van der Waals surface area contributed by atoms with Gasteiger partial charge in [0, 0.05) is 16.7 Å². The summed E-state index contributed by atoms with van der Waals surface area (Å²) in [5, 5.41) is 11.9. The van der Waals surface area contributed by atoms with Crippen molar-refractivity contribution in [1.29, 1.82) is 0 Å². The molecule has 0 amide bonds. The van der Waals surface area contributed by atoms with Crippen molar-refractivity contribution < 1.29 is 9.15 Å². The van der Waals surface area contributed by atoms with Gasteiger partial charge in [-0.2, -0.15) is 0 Å². The van der Waals surface area contributed by atoms with Gasteiger partial charge in [-0.1, -0.05) is 44.7 Å². The first-order valence-corrected chi connectivity index (χ1v) is 11.3. The molecule has 30 heavy (non-hydrogen) atoms. The van der Waals surface area contributed by atoms with Crippen molar-refractivity contribution in [2.45, 2.75) is 43.7 Å². The lowest BCUT2D eigenvalue weighted by Gasteiger charge is -2.19. The molecule has 0 spiro atoms. The van der Waals surface area contributed by atoms with Gasteiger partial charge >= 0.3 is 0 Å². The Morgan fingerprint density at radius 2 is 1.97 bits per heavy atom. The zero-order valence-corrected chi connectivity index (χ0v) is 18.7. The van der Waals surface area contributed by atoms with E-state index in [-0.39, 0.29) is 12.0 Å². The number of benzene rings is 1. The molecule has 0 saturated carbocycles. The molecule has 7 nitrogen and oxygen atoms in total. The molecule has 0 fully saturated rings. The predicted molar refractivity (Wildman–Crippen MR) is 119 cm³/mol. The fourth-order valence-corrected chi connectivity index (χ4v) is 4.41. The Kier molecular flexibility index (Phi) is 5.83. The van der Waals surface area contributed by atoms with Crippen LogP contribution in [0.3, 0.4) is 0 Å².